The number of likely N-dealkylation sites (N-methyl/N-ethyl adjacent to an activating group) is 1. The molecule has 0 aromatic heterocycles. The Morgan fingerprint density at radius 3 is 2.30 bits per heavy atom. The van der Waals surface area contributed by atoms with Crippen LogP contribution in [0.15, 0.2) is 36.4 Å². The van der Waals surface area contributed by atoms with Crippen molar-refractivity contribution in [3.63, 3.8) is 0 Å². The molecule has 2 aromatic carbocycles. The van der Waals surface area contributed by atoms with Gasteiger partial charge < -0.3 is 21.3 Å². The number of carbonyl (C=O) groups excluding carboxylic acids is 6. The number of benzene rings is 2. The van der Waals surface area contributed by atoms with Gasteiger partial charge in [-0.2, -0.15) is 0 Å². The minimum atomic E-state index is -2.77. The number of phenolic OH excluding ortho intramolecular Hbond substituents is 1. The number of piperidine rings is 1. The molecule has 6 atom stereocenters. The number of nitrogens with zero attached hydrogens (tertiary/aromatic N) is 2. The van der Waals surface area contributed by atoms with Crippen molar-refractivity contribution in [3.8, 4) is 16.9 Å². The van der Waals surface area contributed by atoms with Crippen LogP contribution in [0.4, 0.5) is 5.69 Å². The number of fused-ring (bicyclic) bond motifs is 3. The number of carbonyl (C=O) groups is 6. The number of aliphatic hydroxyl groups is 1. The number of anilines is 1. The van der Waals surface area contributed by atoms with Crippen LogP contribution in [0.5, 0.6) is 5.75 Å². The van der Waals surface area contributed by atoms with Crippen molar-refractivity contribution in [2.24, 2.45) is 29.4 Å². The lowest BCUT2D eigenvalue weighted by Crippen LogP contribution is -2.74. The van der Waals surface area contributed by atoms with Crippen molar-refractivity contribution >= 4 is 40.6 Å². The summed E-state index contributed by atoms with van der Waals surface area (Å²) in [6.07, 6.45) is 3.48. The lowest BCUT2D eigenvalue weighted by molar-refractivity contribution is -0.181. The molecule has 3 fully saturated rings. The molecule has 12 heteroatoms. The van der Waals surface area contributed by atoms with Gasteiger partial charge in [0.1, 0.15) is 5.75 Å². The van der Waals surface area contributed by atoms with Crippen molar-refractivity contribution < 1.29 is 39.0 Å². The first-order chi connectivity index (χ1) is 21.8. The molecule has 4 aliphatic rings. The number of likely N-dealkylation sites (tertiary alicyclic amines) is 1. The summed E-state index contributed by atoms with van der Waals surface area (Å²) in [5.74, 6) is -10.9. The van der Waals surface area contributed by atoms with Gasteiger partial charge >= 0.3 is 0 Å². The van der Waals surface area contributed by atoms with Crippen LogP contribution in [0.3, 0.4) is 0 Å². The Kier molecular flexibility index (Phi) is 8.16. The van der Waals surface area contributed by atoms with E-state index in [0.29, 0.717) is 28.9 Å². The van der Waals surface area contributed by atoms with Gasteiger partial charge in [0.2, 0.25) is 11.8 Å². The van der Waals surface area contributed by atoms with Gasteiger partial charge in [0.15, 0.2) is 34.7 Å². The Hall–Kier alpha value is -4.26. The van der Waals surface area contributed by atoms with Crippen LogP contribution >= 0.6 is 0 Å². The number of Topliss-reactive ketones (excluding diaryl/α,β-unsaturated/α-hetero) is 4. The van der Waals surface area contributed by atoms with Crippen LogP contribution in [0.2, 0.25) is 0 Å². The zero-order chi connectivity index (χ0) is 33.1. The predicted molar refractivity (Wildman–Crippen MR) is 166 cm³/mol. The fourth-order valence-electron chi connectivity index (χ4n) is 8.13. The van der Waals surface area contributed by atoms with E-state index in [0.717, 1.165) is 25.9 Å². The van der Waals surface area contributed by atoms with E-state index in [1.807, 2.05) is 0 Å². The van der Waals surface area contributed by atoms with Crippen LogP contribution in [0.1, 0.15) is 41.6 Å². The largest absolute Gasteiger partial charge is 0.507 e. The number of hydrogen-bond donors (Lipinski definition) is 4. The number of rotatable bonds is 6. The molecule has 5 N–H and O–H groups in total. The van der Waals surface area contributed by atoms with E-state index >= 15 is 0 Å². The van der Waals surface area contributed by atoms with Crippen molar-refractivity contribution in [1.82, 2.24) is 9.80 Å². The summed E-state index contributed by atoms with van der Waals surface area (Å²) in [6.45, 7) is 2.13. The van der Waals surface area contributed by atoms with Crippen molar-refractivity contribution in [2.75, 3.05) is 39.0 Å². The summed E-state index contributed by atoms with van der Waals surface area (Å²) < 4.78 is 0. The van der Waals surface area contributed by atoms with Crippen molar-refractivity contribution in [2.45, 2.75) is 43.7 Å². The van der Waals surface area contributed by atoms with Gasteiger partial charge in [-0.3, -0.25) is 38.6 Å². The van der Waals surface area contributed by atoms with E-state index in [9.17, 15) is 39.0 Å². The molecule has 0 spiro atoms. The maximum atomic E-state index is 14.0. The highest BCUT2D eigenvalue weighted by Crippen LogP contribution is 2.51. The monoisotopic (exact) mass is 630 g/mol. The number of ketones is 4. The molecule has 242 valence electrons. The number of phenols is 1. The van der Waals surface area contributed by atoms with Crippen LogP contribution in [0, 0.1) is 23.7 Å². The second kappa shape index (κ2) is 11.8. The van der Waals surface area contributed by atoms with E-state index in [1.165, 1.54) is 17.4 Å². The fraction of sp³-hybridized carbons (Fsp3) is 0.471. The number of primary amides is 1. The number of amides is 2. The molecular weight excluding hydrogens is 592 g/mol. The average molecular weight is 631 g/mol. The molecule has 2 amide bonds. The topological polar surface area (TPSA) is 187 Å². The van der Waals surface area contributed by atoms with E-state index in [2.05, 4.69) is 10.2 Å². The second-order valence-corrected chi connectivity index (χ2v) is 13.2. The van der Waals surface area contributed by atoms with Crippen LogP contribution in [0.25, 0.3) is 11.1 Å². The van der Waals surface area contributed by atoms with Gasteiger partial charge in [0.25, 0.3) is 0 Å². The van der Waals surface area contributed by atoms with Gasteiger partial charge in [-0.15, -0.1) is 0 Å². The van der Waals surface area contributed by atoms with E-state index in [-0.39, 0.29) is 30.1 Å². The molecule has 2 saturated carbocycles. The maximum Gasteiger partial charge on any atom is 0.238 e. The maximum absolute atomic E-state index is 14.0. The zero-order valence-corrected chi connectivity index (χ0v) is 25.8. The highest BCUT2D eigenvalue weighted by Gasteiger charge is 2.69. The van der Waals surface area contributed by atoms with Crippen molar-refractivity contribution in [1.29, 1.82) is 0 Å². The first-order valence-corrected chi connectivity index (χ1v) is 15.7. The quantitative estimate of drug-likeness (QED) is 0.335. The van der Waals surface area contributed by atoms with Gasteiger partial charge in [-0.05, 0) is 93.7 Å². The van der Waals surface area contributed by atoms with Gasteiger partial charge in [0.05, 0.1) is 24.1 Å². The molecule has 0 radical (unpaired) electrons. The minimum absolute atomic E-state index is 0.0268. The third-order valence-electron chi connectivity index (χ3n) is 10.2. The highest BCUT2D eigenvalue weighted by atomic mass is 16.3. The Morgan fingerprint density at radius 2 is 1.67 bits per heavy atom. The van der Waals surface area contributed by atoms with Crippen molar-refractivity contribution in [3.05, 3.63) is 47.5 Å². The van der Waals surface area contributed by atoms with Gasteiger partial charge in [-0.1, -0.05) is 24.6 Å². The lowest BCUT2D eigenvalue weighted by atomic mass is 9.52. The molecule has 6 rings (SSSR count). The molecular formula is C34H38N4O8. The molecule has 1 saturated heterocycles. The Morgan fingerprint density at radius 1 is 1.00 bits per heavy atom. The summed E-state index contributed by atoms with van der Waals surface area (Å²) >= 11 is 0. The summed E-state index contributed by atoms with van der Waals surface area (Å²) in [5.41, 5.74) is 5.03. The highest BCUT2D eigenvalue weighted by molar-refractivity contribution is 6.32. The minimum Gasteiger partial charge on any atom is -0.507 e. The van der Waals surface area contributed by atoms with Crippen LogP contribution in [-0.2, 0) is 30.4 Å². The molecule has 3 unspecified atom stereocenters. The summed E-state index contributed by atoms with van der Waals surface area (Å²) in [7, 11) is 3.09. The molecule has 3 aliphatic carbocycles. The summed E-state index contributed by atoms with van der Waals surface area (Å²) in [6, 6.07) is 9.00. The van der Waals surface area contributed by atoms with Gasteiger partial charge in [-0.25, -0.2) is 0 Å². The van der Waals surface area contributed by atoms with E-state index in [1.54, 1.807) is 44.4 Å². The molecule has 1 aliphatic heterocycles. The third kappa shape index (κ3) is 5.04. The van der Waals surface area contributed by atoms with E-state index in [4.69, 9.17) is 5.73 Å². The third-order valence-corrected chi connectivity index (χ3v) is 10.2. The molecule has 12 nitrogen and oxygen atoms in total. The standard InChI is InChI=1S/C34H38N4O8/c1-37(2)28-22-15-18-14-21-20(17-6-8-19(9-7-17)36-24(40)16-38-12-4-3-5-13-38)10-11-23(39)26(21)29(41)25(18)31(43)34(22,46)32(44)27(30(28)42)33(35)45/h6-11,18,22,25,27-28,39,46H,3-5,12-16H2,1-2H3,(H2,35,45)(H,36,40)/t18-,22-,25?,27?,28?,34-/m1/s1. The molecule has 1 heterocycles. The van der Waals surface area contributed by atoms with E-state index < -0.39 is 64.4 Å². The molecule has 0 bridgehead atoms. The first kappa shape index (κ1) is 31.7. The van der Waals surface area contributed by atoms with Crippen LogP contribution in [-0.4, -0.2) is 100 Å². The summed E-state index contributed by atoms with van der Waals surface area (Å²) in [5, 5.41) is 25.5. The Balaban J connectivity index is 1.31. The lowest BCUT2D eigenvalue weighted by Gasteiger charge is -2.52. The normalized spacial score (nSPS) is 29.6. The summed E-state index contributed by atoms with van der Waals surface area (Å²) in [4.78, 5) is 83.1. The smallest absolute Gasteiger partial charge is 0.238 e. The van der Waals surface area contributed by atoms with Crippen LogP contribution < -0.4 is 11.1 Å². The first-order valence-electron chi connectivity index (χ1n) is 15.7. The number of hydrogen-bond acceptors (Lipinski definition) is 10. The zero-order valence-electron chi connectivity index (χ0n) is 25.8. The Bertz CT molecular complexity index is 1650. The predicted octanol–water partition coefficient (Wildman–Crippen LogP) is 0.958. The molecule has 2 aromatic rings. The number of nitrogens with one attached hydrogen (secondary N) is 1. The SMILES string of the molecule is CN(C)C1C(=O)C(C(N)=O)C(=O)[C@]2(O)C(=O)C3C(=O)c4c(O)ccc(-c5ccc(NC(=O)CN6CCCCC6)cc5)c4C[C@@H]3C[C@H]12. The molecule has 46 heavy (non-hydrogen) atoms. The van der Waals surface area contributed by atoms with Gasteiger partial charge in [0, 0.05) is 11.6 Å². The Labute approximate surface area is 265 Å². The number of aromatic hydroxyl groups is 1. The second-order valence-electron chi connectivity index (χ2n) is 13.2. The average Bonchev–Trinajstić information content (AvgIpc) is 3.00. The number of nitrogens with two attached hydrogens (primary N) is 1. The fourth-order valence-corrected chi connectivity index (χ4v) is 8.13.